The van der Waals surface area contributed by atoms with Gasteiger partial charge in [0.1, 0.15) is 6.07 Å². The van der Waals surface area contributed by atoms with Crippen LogP contribution in [0, 0.1) is 22.7 Å². The zero-order valence-electron chi connectivity index (χ0n) is 7.44. The zero-order valence-corrected chi connectivity index (χ0v) is 7.44. The lowest BCUT2D eigenvalue weighted by atomic mass is 10.2. The first kappa shape index (κ1) is 9.28. The van der Waals surface area contributed by atoms with Crippen molar-refractivity contribution in [2.75, 3.05) is 0 Å². The molecule has 0 aromatic carbocycles. The van der Waals surface area contributed by atoms with E-state index >= 15 is 0 Å². The van der Waals surface area contributed by atoms with Gasteiger partial charge in [-0.3, -0.25) is 4.68 Å². The quantitative estimate of drug-likeness (QED) is 0.699. The molecule has 0 fully saturated rings. The molecule has 1 atom stereocenters. The first-order valence-electron chi connectivity index (χ1n) is 4.13. The molecule has 0 aliphatic heterocycles. The fourth-order valence-electron chi connectivity index (χ4n) is 1.13. The summed E-state index contributed by atoms with van der Waals surface area (Å²) < 4.78 is 1.68. The summed E-state index contributed by atoms with van der Waals surface area (Å²) >= 11 is 0. The van der Waals surface area contributed by atoms with Crippen LogP contribution >= 0.6 is 0 Å². The van der Waals surface area contributed by atoms with Gasteiger partial charge in [0, 0.05) is 6.20 Å². The van der Waals surface area contributed by atoms with E-state index in [1.54, 1.807) is 10.9 Å². The average molecular weight is 174 g/mol. The summed E-state index contributed by atoms with van der Waals surface area (Å²) in [5.41, 5.74) is 0.538. The van der Waals surface area contributed by atoms with Crippen molar-refractivity contribution < 1.29 is 0 Å². The molecule has 66 valence electrons. The van der Waals surface area contributed by atoms with Gasteiger partial charge in [0.05, 0.1) is 30.3 Å². The molecule has 1 aromatic rings. The molecule has 0 spiro atoms. The first-order chi connectivity index (χ1) is 6.31. The Bertz CT molecular complexity index is 352. The normalized spacial score (nSPS) is 11.6. The van der Waals surface area contributed by atoms with Crippen LogP contribution in [0.3, 0.4) is 0 Å². The standard InChI is InChI=1S/C9H10N4/c1-2-9(3-4-10)13-7-8(5-11)6-12-13/h6-7,9H,2-3H2,1H3. The molecule has 0 bridgehead atoms. The summed E-state index contributed by atoms with van der Waals surface area (Å²) in [5.74, 6) is 0. The smallest absolute Gasteiger partial charge is 0.102 e. The van der Waals surface area contributed by atoms with E-state index in [9.17, 15) is 0 Å². The summed E-state index contributed by atoms with van der Waals surface area (Å²) in [7, 11) is 0. The number of nitriles is 2. The molecule has 0 saturated carbocycles. The van der Waals surface area contributed by atoms with Crippen LogP contribution in [-0.4, -0.2) is 9.78 Å². The lowest BCUT2D eigenvalue weighted by Gasteiger charge is -2.10. The highest BCUT2D eigenvalue weighted by Gasteiger charge is 2.08. The van der Waals surface area contributed by atoms with E-state index in [0.717, 1.165) is 6.42 Å². The molecule has 0 radical (unpaired) electrons. The summed E-state index contributed by atoms with van der Waals surface area (Å²) in [6.45, 7) is 2.00. The minimum Gasteiger partial charge on any atom is -0.267 e. The van der Waals surface area contributed by atoms with Crippen molar-refractivity contribution in [3.8, 4) is 12.1 Å². The highest BCUT2D eigenvalue weighted by atomic mass is 15.3. The number of hydrogen-bond acceptors (Lipinski definition) is 3. The molecule has 0 amide bonds. The molecule has 1 aromatic heterocycles. The van der Waals surface area contributed by atoms with Gasteiger partial charge in [-0.05, 0) is 6.42 Å². The van der Waals surface area contributed by atoms with Gasteiger partial charge in [0.25, 0.3) is 0 Å². The fourth-order valence-corrected chi connectivity index (χ4v) is 1.13. The summed E-state index contributed by atoms with van der Waals surface area (Å²) in [6, 6.07) is 4.19. The van der Waals surface area contributed by atoms with E-state index in [0.29, 0.717) is 12.0 Å². The molecule has 1 rings (SSSR count). The van der Waals surface area contributed by atoms with E-state index in [4.69, 9.17) is 10.5 Å². The molecule has 13 heavy (non-hydrogen) atoms. The van der Waals surface area contributed by atoms with E-state index < -0.39 is 0 Å². The Labute approximate surface area is 77.0 Å². The Balaban J connectivity index is 2.81. The molecule has 4 heteroatoms. The Hall–Kier alpha value is -1.81. The van der Waals surface area contributed by atoms with Crippen LogP contribution in [0.5, 0.6) is 0 Å². The number of aromatic nitrogens is 2. The van der Waals surface area contributed by atoms with Crippen LogP contribution < -0.4 is 0 Å². The number of hydrogen-bond donors (Lipinski definition) is 0. The SMILES string of the molecule is CCC(CC#N)n1cc(C#N)cn1. The molecule has 0 saturated heterocycles. The Morgan fingerprint density at radius 1 is 1.62 bits per heavy atom. The third-order valence-corrected chi connectivity index (χ3v) is 1.90. The lowest BCUT2D eigenvalue weighted by Crippen LogP contribution is -2.07. The molecule has 1 unspecified atom stereocenters. The largest absolute Gasteiger partial charge is 0.267 e. The number of nitrogens with zero attached hydrogens (tertiary/aromatic N) is 4. The molecule has 1 heterocycles. The maximum atomic E-state index is 8.57. The van der Waals surface area contributed by atoms with Crippen molar-refractivity contribution >= 4 is 0 Å². The van der Waals surface area contributed by atoms with Gasteiger partial charge >= 0.3 is 0 Å². The van der Waals surface area contributed by atoms with Gasteiger partial charge < -0.3 is 0 Å². The molecule has 0 aliphatic rings. The van der Waals surface area contributed by atoms with E-state index in [1.807, 2.05) is 13.0 Å². The fraction of sp³-hybridized carbons (Fsp3) is 0.444. The van der Waals surface area contributed by atoms with Gasteiger partial charge in [-0.1, -0.05) is 6.92 Å². The van der Waals surface area contributed by atoms with Crippen LogP contribution in [0.1, 0.15) is 31.4 Å². The Morgan fingerprint density at radius 2 is 2.38 bits per heavy atom. The predicted molar refractivity (Wildman–Crippen MR) is 46.5 cm³/mol. The highest BCUT2D eigenvalue weighted by Crippen LogP contribution is 2.14. The second-order valence-electron chi connectivity index (χ2n) is 2.75. The zero-order chi connectivity index (χ0) is 9.68. The minimum absolute atomic E-state index is 0.0899. The Kier molecular flexibility index (Phi) is 3.05. The topological polar surface area (TPSA) is 65.4 Å². The third kappa shape index (κ3) is 2.07. The van der Waals surface area contributed by atoms with Crippen molar-refractivity contribution in [1.82, 2.24) is 9.78 Å². The minimum atomic E-state index is 0.0899. The summed E-state index contributed by atoms with van der Waals surface area (Å²) in [6.07, 6.45) is 4.47. The number of rotatable bonds is 3. The van der Waals surface area contributed by atoms with Gasteiger partial charge in [0.2, 0.25) is 0 Å². The molecular weight excluding hydrogens is 164 g/mol. The first-order valence-corrected chi connectivity index (χ1v) is 4.13. The van der Waals surface area contributed by atoms with Crippen molar-refractivity contribution in [2.45, 2.75) is 25.8 Å². The van der Waals surface area contributed by atoms with E-state index in [-0.39, 0.29) is 6.04 Å². The molecular formula is C9H10N4. The maximum absolute atomic E-state index is 8.57. The molecule has 0 N–H and O–H groups in total. The van der Waals surface area contributed by atoms with E-state index in [1.165, 1.54) is 6.20 Å². The van der Waals surface area contributed by atoms with Gasteiger partial charge in [-0.15, -0.1) is 0 Å². The van der Waals surface area contributed by atoms with Gasteiger partial charge in [0.15, 0.2) is 0 Å². The Morgan fingerprint density at radius 3 is 2.85 bits per heavy atom. The van der Waals surface area contributed by atoms with Gasteiger partial charge in [-0.2, -0.15) is 15.6 Å². The monoisotopic (exact) mass is 174 g/mol. The van der Waals surface area contributed by atoms with Crippen LogP contribution in [-0.2, 0) is 0 Å². The predicted octanol–water partition coefficient (Wildman–Crippen LogP) is 1.62. The molecule has 4 nitrogen and oxygen atoms in total. The lowest BCUT2D eigenvalue weighted by molar-refractivity contribution is 0.448. The third-order valence-electron chi connectivity index (χ3n) is 1.90. The van der Waals surface area contributed by atoms with Crippen LogP contribution in [0.2, 0.25) is 0 Å². The van der Waals surface area contributed by atoms with Gasteiger partial charge in [-0.25, -0.2) is 0 Å². The van der Waals surface area contributed by atoms with Crippen molar-refractivity contribution in [3.05, 3.63) is 18.0 Å². The second kappa shape index (κ2) is 4.27. The van der Waals surface area contributed by atoms with Crippen molar-refractivity contribution in [3.63, 3.8) is 0 Å². The van der Waals surface area contributed by atoms with Crippen molar-refractivity contribution in [2.24, 2.45) is 0 Å². The van der Waals surface area contributed by atoms with Crippen LogP contribution in [0.15, 0.2) is 12.4 Å². The maximum Gasteiger partial charge on any atom is 0.102 e. The second-order valence-corrected chi connectivity index (χ2v) is 2.75. The summed E-state index contributed by atoms with van der Waals surface area (Å²) in [4.78, 5) is 0. The van der Waals surface area contributed by atoms with E-state index in [2.05, 4.69) is 11.2 Å². The summed E-state index contributed by atoms with van der Waals surface area (Å²) in [5, 5.41) is 21.1. The average Bonchev–Trinajstić information content (AvgIpc) is 2.62. The van der Waals surface area contributed by atoms with Crippen LogP contribution in [0.25, 0.3) is 0 Å². The molecule has 0 aliphatic carbocycles. The highest BCUT2D eigenvalue weighted by molar-refractivity contribution is 5.21. The van der Waals surface area contributed by atoms with Crippen molar-refractivity contribution in [1.29, 1.82) is 10.5 Å². The van der Waals surface area contributed by atoms with Crippen LogP contribution in [0.4, 0.5) is 0 Å².